The molecular formula is C17H23F3N4O3. The molecule has 7 nitrogen and oxygen atoms in total. The van der Waals surface area contributed by atoms with Gasteiger partial charge in [0.15, 0.2) is 5.60 Å². The van der Waals surface area contributed by atoms with Crippen LogP contribution in [0.3, 0.4) is 0 Å². The summed E-state index contributed by atoms with van der Waals surface area (Å²) in [6.45, 7) is 2.75. The Morgan fingerprint density at radius 1 is 1.22 bits per heavy atom. The van der Waals surface area contributed by atoms with E-state index in [4.69, 9.17) is 9.47 Å². The molecule has 150 valence electrons. The predicted octanol–water partition coefficient (Wildman–Crippen LogP) is 2.49. The molecule has 0 atom stereocenters. The Labute approximate surface area is 155 Å². The standard InChI is InChI=1S/C17H23F3N4O3/c1-26-16(17(18,19)20)4-6-24(7-5-16)15(25)22-13-2-3-14(21-12-13)23-8-10-27-11-9-23/h2-3,12H,4-11H2,1H3,(H,22,25). The van der Waals surface area contributed by atoms with Crippen LogP contribution in [0.2, 0.25) is 0 Å². The van der Waals surface area contributed by atoms with Crippen molar-refractivity contribution in [2.45, 2.75) is 24.6 Å². The summed E-state index contributed by atoms with van der Waals surface area (Å²) in [5.74, 6) is 0.796. The summed E-state index contributed by atoms with van der Waals surface area (Å²) in [5.41, 5.74) is -1.68. The number of carbonyl (C=O) groups excluding carboxylic acids is 1. The minimum absolute atomic E-state index is 0.0293. The van der Waals surface area contributed by atoms with E-state index in [1.807, 2.05) is 0 Å². The molecule has 0 unspecified atom stereocenters. The number of ether oxygens (including phenoxy) is 2. The number of morpholine rings is 1. The second-order valence-corrected chi connectivity index (χ2v) is 6.62. The molecule has 3 rings (SSSR count). The third kappa shape index (κ3) is 4.27. The summed E-state index contributed by atoms with van der Waals surface area (Å²) in [7, 11) is 1.06. The molecule has 2 fully saturated rings. The molecule has 0 aliphatic carbocycles. The molecule has 27 heavy (non-hydrogen) atoms. The lowest BCUT2D eigenvalue weighted by Gasteiger charge is -2.41. The minimum atomic E-state index is -4.45. The zero-order valence-electron chi connectivity index (χ0n) is 15.1. The normalized spacial score (nSPS) is 20.4. The van der Waals surface area contributed by atoms with Gasteiger partial charge in [-0.2, -0.15) is 13.2 Å². The Bertz CT molecular complexity index is 640. The molecule has 0 spiro atoms. The molecular weight excluding hydrogens is 365 g/mol. The fourth-order valence-corrected chi connectivity index (χ4v) is 3.32. The van der Waals surface area contributed by atoms with E-state index in [9.17, 15) is 18.0 Å². The van der Waals surface area contributed by atoms with Gasteiger partial charge in [-0.05, 0) is 12.1 Å². The van der Waals surface area contributed by atoms with E-state index >= 15 is 0 Å². The number of urea groups is 1. The van der Waals surface area contributed by atoms with E-state index in [0.717, 1.165) is 26.0 Å². The van der Waals surface area contributed by atoms with Crippen LogP contribution < -0.4 is 10.2 Å². The summed E-state index contributed by atoms with van der Waals surface area (Å²) in [6.07, 6.45) is -3.48. The van der Waals surface area contributed by atoms with Crippen molar-refractivity contribution in [3.8, 4) is 0 Å². The fraction of sp³-hybridized carbons (Fsp3) is 0.647. The van der Waals surface area contributed by atoms with Crippen LogP contribution in [0.15, 0.2) is 18.3 Å². The van der Waals surface area contributed by atoms with Gasteiger partial charge < -0.3 is 24.6 Å². The first-order chi connectivity index (χ1) is 12.8. The van der Waals surface area contributed by atoms with Crippen molar-refractivity contribution in [3.63, 3.8) is 0 Å². The van der Waals surface area contributed by atoms with Crippen molar-refractivity contribution in [2.24, 2.45) is 0 Å². The lowest BCUT2D eigenvalue weighted by atomic mass is 9.90. The molecule has 1 N–H and O–H groups in total. The Morgan fingerprint density at radius 2 is 1.89 bits per heavy atom. The zero-order valence-corrected chi connectivity index (χ0v) is 15.1. The molecule has 1 aromatic heterocycles. The van der Waals surface area contributed by atoms with Crippen LogP contribution in [0.4, 0.5) is 29.5 Å². The van der Waals surface area contributed by atoms with Crippen molar-refractivity contribution < 1.29 is 27.4 Å². The maximum atomic E-state index is 13.2. The largest absolute Gasteiger partial charge is 0.417 e. The van der Waals surface area contributed by atoms with Crippen LogP contribution in [0.5, 0.6) is 0 Å². The lowest BCUT2D eigenvalue weighted by Crippen LogP contribution is -2.56. The monoisotopic (exact) mass is 388 g/mol. The highest BCUT2D eigenvalue weighted by molar-refractivity contribution is 5.89. The second-order valence-electron chi connectivity index (χ2n) is 6.62. The van der Waals surface area contributed by atoms with E-state index in [1.54, 1.807) is 18.3 Å². The van der Waals surface area contributed by atoms with Gasteiger partial charge in [0.25, 0.3) is 0 Å². The number of amides is 2. The number of likely N-dealkylation sites (tertiary alicyclic amines) is 1. The maximum absolute atomic E-state index is 13.2. The Kier molecular flexibility index (Phi) is 5.75. The van der Waals surface area contributed by atoms with Gasteiger partial charge >= 0.3 is 12.2 Å². The number of aromatic nitrogens is 1. The fourth-order valence-electron chi connectivity index (χ4n) is 3.32. The summed E-state index contributed by atoms with van der Waals surface area (Å²) >= 11 is 0. The number of anilines is 2. The predicted molar refractivity (Wildman–Crippen MR) is 92.9 cm³/mol. The molecule has 2 amide bonds. The van der Waals surface area contributed by atoms with Gasteiger partial charge in [0, 0.05) is 46.1 Å². The van der Waals surface area contributed by atoms with E-state index < -0.39 is 17.8 Å². The Morgan fingerprint density at radius 3 is 2.41 bits per heavy atom. The van der Waals surface area contributed by atoms with Crippen LogP contribution >= 0.6 is 0 Å². The number of methoxy groups -OCH3 is 1. The van der Waals surface area contributed by atoms with Crippen LogP contribution in [-0.4, -0.2) is 74.2 Å². The van der Waals surface area contributed by atoms with Crippen molar-refractivity contribution in [1.29, 1.82) is 0 Å². The summed E-state index contributed by atoms with van der Waals surface area (Å²) < 4.78 is 49.6. The first kappa shape index (κ1) is 19.7. The number of piperidine rings is 1. The van der Waals surface area contributed by atoms with Gasteiger partial charge in [0.05, 0.1) is 25.1 Å². The molecule has 10 heteroatoms. The van der Waals surface area contributed by atoms with Crippen LogP contribution in [0.1, 0.15) is 12.8 Å². The summed E-state index contributed by atoms with van der Waals surface area (Å²) in [5, 5.41) is 2.69. The molecule has 2 aliphatic rings. The molecule has 0 radical (unpaired) electrons. The third-order valence-corrected chi connectivity index (χ3v) is 5.10. The van der Waals surface area contributed by atoms with Crippen molar-refractivity contribution in [3.05, 3.63) is 18.3 Å². The van der Waals surface area contributed by atoms with Gasteiger partial charge in [0.1, 0.15) is 5.82 Å². The zero-order chi connectivity index (χ0) is 19.5. The van der Waals surface area contributed by atoms with Crippen LogP contribution in [0, 0.1) is 0 Å². The number of pyridine rings is 1. The van der Waals surface area contributed by atoms with Gasteiger partial charge in [-0.25, -0.2) is 9.78 Å². The van der Waals surface area contributed by atoms with Gasteiger partial charge in [-0.3, -0.25) is 0 Å². The molecule has 0 saturated carbocycles. The highest BCUT2D eigenvalue weighted by Crippen LogP contribution is 2.41. The van der Waals surface area contributed by atoms with Crippen molar-refractivity contribution in [1.82, 2.24) is 9.88 Å². The number of hydrogen-bond donors (Lipinski definition) is 1. The molecule has 0 aromatic carbocycles. The van der Waals surface area contributed by atoms with Crippen molar-refractivity contribution in [2.75, 3.05) is 56.7 Å². The molecule has 2 aliphatic heterocycles. The number of carbonyl (C=O) groups is 1. The SMILES string of the molecule is COC1(C(F)(F)F)CCN(C(=O)Nc2ccc(N3CCOCC3)nc2)CC1. The quantitative estimate of drug-likeness (QED) is 0.862. The summed E-state index contributed by atoms with van der Waals surface area (Å²) in [4.78, 5) is 20.1. The van der Waals surface area contributed by atoms with Gasteiger partial charge in [-0.1, -0.05) is 0 Å². The Hall–Kier alpha value is -2.07. The van der Waals surface area contributed by atoms with Crippen LogP contribution in [0.25, 0.3) is 0 Å². The molecule has 2 saturated heterocycles. The van der Waals surface area contributed by atoms with Crippen LogP contribution in [-0.2, 0) is 9.47 Å². The maximum Gasteiger partial charge on any atom is 0.417 e. The number of rotatable bonds is 3. The second kappa shape index (κ2) is 7.89. The number of halogens is 3. The molecule has 3 heterocycles. The Balaban J connectivity index is 1.55. The first-order valence-corrected chi connectivity index (χ1v) is 8.81. The summed E-state index contributed by atoms with van der Waals surface area (Å²) in [6, 6.07) is 3.09. The number of nitrogens with one attached hydrogen (secondary N) is 1. The average Bonchev–Trinajstić information content (AvgIpc) is 2.68. The highest BCUT2D eigenvalue weighted by Gasteiger charge is 2.56. The van der Waals surface area contributed by atoms with E-state index in [-0.39, 0.29) is 25.9 Å². The molecule has 1 aromatic rings. The number of alkyl halides is 3. The van der Waals surface area contributed by atoms with Gasteiger partial charge in [-0.15, -0.1) is 0 Å². The first-order valence-electron chi connectivity index (χ1n) is 8.81. The van der Waals surface area contributed by atoms with E-state index in [0.29, 0.717) is 18.9 Å². The van der Waals surface area contributed by atoms with E-state index in [2.05, 4.69) is 15.2 Å². The smallest absolute Gasteiger partial charge is 0.378 e. The molecule has 0 bridgehead atoms. The lowest BCUT2D eigenvalue weighted by molar-refractivity contribution is -0.280. The minimum Gasteiger partial charge on any atom is -0.378 e. The highest BCUT2D eigenvalue weighted by atomic mass is 19.4. The third-order valence-electron chi connectivity index (χ3n) is 5.10. The van der Waals surface area contributed by atoms with Gasteiger partial charge in [0.2, 0.25) is 0 Å². The topological polar surface area (TPSA) is 66.9 Å². The average molecular weight is 388 g/mol. The van der Waals surface area contributed by atoms with E-state index in [1.165, 1.54) is 4.90 Å². The van der Waals surface area contributed by atoms with Crippen molar-refractivity contribution >= 4 is 17.5 Å². The number of hydrogen-bond acceptors (Lipinski definition) is 5. The number of nitrogens with zero attached hydrogens (tertiary/aromatic N) is 3.